The fourth-order valence-electron chi connectivity index (χ4n) is 1.29. The fourth-order valence-corrected chi connectivity index (χ4v) is 1.47. The lowest BCUT2D eigenvalue weighted by molar-refractivity contribution is -0.119. The summed E-state index contributed by atoms with van der Waals surface area (Å²) >= 11 is 5.91. The second-order valence-electron chi connectivity index (χ2n) is 3.45. The minimum atomic E-state index is -0.502. The van der Waals surface area contributed by atoms with Crippen molar-refractivity contribution in [1.29, 1.82) is 0 Å². The standard InChI is InChI=1S/C11H15ClN2O2/c1-7(14-2)9-5-8(12)3-4-10(9)16-6-11(13)15/h3-5,7,14H,6H2,1-2H3,(H2,13,15). The van der Waals surface area contributed by atoms with E-state index < -0.39 is 5.91 Å². The molecule has 1 amide bonds. The molecule has 1 rings (SSSR count). The topological polar surface area (TPSA) is 64.3 Å². The maximum atomic E-state index is 10.6. The molecule has 0 heterocycles. The van der Waals surface area contributed by atoms with Crippen molar-refractivity contribution in [1.82, 2.24) is 5.32 Å². The third-order valence-electron chi connectivity index (χ3n) is 2.24. The van der Waals surface area contributed by atoms with Gasteiger partial charge in [0.05, 0.1) is 0 Å². The Labute approximate surface area is 99.7 Å². The number of rotatable bonds is 5. The number of nitrogens with two attached hydrogens (primary N) is 1. The Morgan fingerprint density at radius 2 is 2.31 bits per heavy atom. The van der Waals surface area contributed by atoms with E-state index in [1.807, 2.05) is 14.0 Å². The van der Waals surface area contributed by atoms with Gasteiger partial charge < -0.3 is 15.8 Å². The summed E-state index contributed by atoms with van der Waals surface area (Å²) in [6, 6.07) is 5.33. The van der Waals surface area contributed by atoms with E-state index in [0.29, 0.717) is 10.8 Å². The Morgan fingerprint density at radius 3 is 2.88 bits per heavy atom. The van der Waals surface area contributed by atoms with E-state index in [0.717, 1.165) is 5.56 Å². The van der Waals surface area contributed by atoms with Gasteiger partial charge in [-0.3, -0.25) is 4.79 Å². The number of benzene rings is 1. The molecular formula is C11H15ClN2O2. The van der Waals surface area contributed by atoms with E-state index in [9.17, 15) is 4.79 Å². The van der Waals surface area contributed by atoms with Gasteiger partial charge in [-0.05, 0) is 32.2 Å². The van der Waals surface area contributed by atoms with Crippen LogP contribution in [0, 0.1) is 0 Å². The van der Waals surface area contributed by atoms with Crippen LogP contribution in [-0.4, -0.2) is 19.6 Å². The van der Waals surface area contributed by atoms with Gasteiger partial charge in [0.15, 0.2) is 6.61 Å². The Bertz CT molecular complexity index is 382. The molecule has 0 aliphatic heterocycles. The number of halogens is 1. The molecule has 0 aromatic heterocycles. The van der Waals surface area contributed by atoms with Gasteiger partial charge in [-0.15, -0.1) is 0 Å². The third kappa shape index (κ3) is 3.40. The smallest absolute Gasteiger partial charge is 0.255 e. The fraction of sp³-hybridized carbons (Fsp3) is 0.364. The molecule has 4 nitrogen and oxygen atoms in total. The Balaban J connectivity index is 2.93. The van der Waals surface area contributed by atoms with E-state index in [1.165, 1.54) is 0 Å². The summed E-state index contributed by atoms with van der Waals surface area (Å²) in [5.41, 5.74) is 5.92. The Hall–Kier alpha value is -1.26. The summed E-state index contributed by atoms with van der Waals surface area (Å²) in [6.45, 7) is 1.84. The van der Waals surface area contributed by atoms with Crippen LogP contribution in [0.2, 0.25) is 5.02 Å². The lowest BCUT2D eigenvalue weighted by atomic mass is 10.1. The average Bonchev–Trinajstić information content (AvgIpc) is 2.26. The molecule has 3 N–H and O–H groups in total. The molecule has 0 fully saturated rings. The zero-order valence-electron chi connectivity index (χ0n) is 9.29. The highest BCUT2D eigenvalue weighted by atomic mass is 35.5. The highest BCUT2D eigenvalue weighted by Gasteiger charge is 2.11. The monoisotopic (exact) mass is 242 g/mol. The summed E-state index contributed by atoms with van der Waals surface area (Å²) in [7, 11) is 1.84. The summed E-state index contributed by atoms with van der Waals surface area (Å²) in [6.07, 6.45) is 0. The van der Waals surface area contributed by atoms with Crippen LogP contribution in [0.1, 0.15) is 18.5 Å². The van der Waals surface area contributed by atoms with Crippen molar-refractivity contribution >= 4 is 17.5 Å². The molecule has 16 heavy (non-hydrogen) atoms. The van der Waals surface area contributed by atoms with Crippen LogP contribution in [0.15, 0.2) is 18.2 Å². The number of hydrogen-bond acceptors (Lipinski definition) is 3. The van der Waals surface area contributed by atoms with Crippen molar-refractivity contribution in [3.63, 3.8) is 0 Å². The molecule has 0 saturated heterocycles. The number of ether oxygens (including phenoxy) is 1. The summed E-state index contributed by atoms with van der Waals surface area (Å²) in [5, 5.41) is 3.71. The minimum absolute atomic E-state index is 0.0848. The number of primary amides is 1. The number of hydrogen-bond donors (Lipinski definition) is 2. The van der Waals surface area contributed by atoms with E-state index in [-0.39, 0.29) is 12.6 Å². The maximum Gasteiger partial charge on any atom is 0.255 e. The van der Waals surface area contributed by atoms with Gasteiger partial charge in [-0.2, -0.15) is 0 Å². The third-order valence-corrected chi connectivity index (χ3v) is 2.48. The molecule has 88 valence electrons. The molecule has 0 spiro atoms. The van der Waals surface area contributed by atoms with Crippen LogP contribution in [0.5, 0.6) is 5.75 Å². The van der Waals surface area contributed by atoms with Gasteiger partial charge in [0.25, 0.3) is 5.91 Å². The van der Waals surface area contributed by atoms with Crippen molar-refractivity contribution in [2.75, 3.05) is 13.7 Å². The predicted molar refractivity (Wildman–Crippen MR) is 63.6 cm³/mol. The zero-order valence-corrected chi connectivity index (χ0v) is 10.0. The second kappa shape index (κ2) is 5.72. The lowest BCUT2D eigenvalue weighted by Crippen LogP contribution is -2.21. The molecule has 1 unspecified atom stereocenters. The Morgan fingerprint density at radius 1 is 1.62 bits per heavy atom. The first-order valence-electron chi connectivity index (χ1n) is 4.92. The summed E-state index contributed by atoms with van der Waals surface area (Å²) in [4.78, 5) is 10.6. The molecule has 0 radical (unpaired) electrons. The van der Waals surface area contributed by atoms with E-state index >= 15 is 0 Å². The quantitative estimate of drug-likeness (QED) is 0.822. The van der Waals surface area contributed by atoms with Crippen LogP contribution in [-0.2, 0) is 4.79 Å². The van der Waals surface area contributed by atoms with Gasteiger partial charge in [-0.1, -0.05) is 11.6 Å². The van der Waals surface area contributed by atoms with Crippen LogP contribution in [0.3, 0.4) is 0 Å². The molecule has 0 aliphatic carbocycles. The SMILES string of the molecule is CNC(C)c1cc(Cl)ccc1OCC(N)=O. The first-order valence-corrected chi connectivity index (χ1v) is 5.30. The van der Waals surface area contributed by atoms with Crippen molar-refractivity contribution in [3.05, 3.63) is 28.8 Å². The largest absolute Gasteiger partial charge is 0.483 e. The van der Waals surface area contributed by atoms with Crippen molar-refractivity contribution < 1.29 is 9.53 Å². The molecule has 1 atom stereocenters. The molecule has 0 aliphatic rings. The average molecular weight is 243 g/mol. The Kier molecular flexibility index (Phi) is 4.58. The van der Waals surface area contributed by atoms with Gasteiger partial charge in [-0.25, -0.2) is 0 Å². The van der Waals surface area contributed by atoms with Crippen LogP contribution in [0.25, 0.3) is 0 Å². The van der Waals surface area contributed by atoms with E-state index in [2.05, 4.69) is 5.32 Å². The lowest BCUT2D eigenvalue weighted by Gasteiger charge is -2.16. The van der Waals surface area contributed by atoms with Gasteiger partial charge >= 0.3 is 0 Å². The number of carbonyl (C=O) groups is 1. The zero-order chi connectivity index (χ0) is 12.1. The van der Waals surface area contributed by atoms with Crippen molar-refractivity contribution in [3.8, 4) is 5.75 Å². The second-order valence-corrected chi connectivity index (χ2v) is 3.88. The molecule has 1 aromatic rings. The number of carbonyl (C=O) groups excluding carboxylic acids is 1. The van der Waals surface area contributed by atoms with Gasteiger partial charge in [0, 0.05) is 16.6 Å². The van der Waals surface area contributed by atoms with Gasteiger partial charge in [0.1, 0.15) is 5.75 Å². The first kappa shape index (κ1) is 12.8. The number of amides is 1. The molecule has 5 heteroatoms. The molecule has 0 saturated carbocycles. The normalized spacial score (nSPS) is 12.2. The van der Waals surface area contributed by atoms with E-state index in [4.69, 9.17) is 22.1 Å². The highest BCUT2D eigenvalue weighted by molar-refractivity contribution is 6.30. The maximum absolute atomic E-state index is 10.6. The summed E-state index contributed by atoms with van der Waals surface area (Å²) < 4.78 is 5.30. The van der Waals surface area contributed by atoms with Crippen LogP contribution in [0.4, 0.5) is 0 Å². The van der Waals surface area contributed by atoms with Crippen molar-refractivity contribution in [2.24, 2.45) is 5.73 Å². The summed E-state index contributed by atoms with van der Waals surface area (Å²) in [5.74, 6) is 0.114. The van der Waals surface area contributed by atoms with Crippen molar-refractivity contribution in [2.45, 2.75) is 13.0 Å². The highest BCUT2D eigenvalue weighted by Crippen LogP contribution is 2.28. The first-order chi connectivity index (χ1) is 7.54. The predicted octanol–water partition coefficient (Wildman–Crippen LogP) is 1.48. The number of nitrogens with one attached hydrogen (secondary N) is 1. The molecular weight excluding hydrogens is 228 g/mol. The van der Waals surface area contributed by atoms with Crippen LogP contribution < -0.4 is 15.8 Å². The molecule has 0 bridgehead atoms. The van der Waals surface area contributed by atoms with Gasteiger partial charge in [0.2, 0.25) is 0 Å². The van der Waals surface area contributed by atoms with Crippen LogP contribution >= 0.6 is 11.6 Å². The minimum Gasteiger partial charge on any atom is -0.483 e. The molecule has 1 aromatic carbocycles. The van der Waals surface area contributed by atoms with E-state index in [1.54, 1.807) is 18.2 Å².